The maximum atomic E-state index is 10.7. The smallest absolute Gasteiger partial charge is 0.244 e. The zero-order valence-corrected chi connectivity index (χ0v) is 10.4. The van der Waals surface area contributed by atoms with Crippen LogP contribution < -0.4 is 5.73 Å². The molecule has 0 aliphatic carbocycles. The number of carbonyl (C=O) groups excluding carboxylic acids is 1. The van der Waals surface area contributed by atoms with Gasteiger partial charge in [-0.25, -0.2) is 0 Å². The van der Waals surface area contributed by atoms with Gasteiger partial charge in [0.15, 0.2) is 0 Å². The van der Waals surface area contributed by atoms with Crippen molar-refractivity contribution in [3.05, 3.63) is 11.6 Å². The average Bonchev–Trinajstić information content (AvgIpc) is 2.16. The summed E-state index contributed by atoms with van der Waals surface area (Å²) in [6, 6.07) is 0.303. The fourth-order valence-electron chi connectivity index (χ4n) is 1.00. The van der Waals surface area contributed by atoms with Crippen LogP contribution in [0.1, 0.15) is 20.3 Å². The minimum absolute atomic E-state index is 0.303. The number of halogens is 1. The summed E-state index contributed by atoms with van der Waals surface area (Å²) in [4.78, 5) is 12.8. The lowest BCUT2D eigenvalue weighted by molar-refractivity contribution is -0.114. The van der Waals surface area contributed by atoms with Gasteiger partial charge in [-0.15, -0.1) is 11.6 Å². The van der Waals surface area contributed by atoms with Gasteiger partial charge in [-0.1, -0.05) is 13.0 Å². The quantitative estimate of drug-likeness (QED) is 0.578. The van der Waals surface area contributed by atoms with Crippen molar-refractivity contribution < 1.29 is 4.79 Å². The van der Waals surface area contributed by atoms with Gasteiger partial charge < -0.3 is 10.6 Å². The van der Waals surface area contributed by atoms with E-state index in [0.717, 1.165) is 6.42 Å². The Morgan fingerprint density at radius 1 is 1.50 bits per heavy atom. The van der Waals surface area contributed by atoms with Gasteiger partial charge in [0, 0.05) is 18.0 Å². The first-order valence-electron chi connectivity index (χ1n) is 4.51. The van der Waals surface area contributed by atoms with Crippen LogP contribution in [0.15, 0.2) is 11.6 Å². The van der Waals surface area contributed by atoms with Crippen molar-refractivity contribution in [2.75, 3.05) is 20.5 Å². The Morgan fingerprint density at radius 3 is 2.14 bits per heavy atom. The highest BCUT2D eigenvalue weighted by atomic mass is 35.5. The summed E-state index contributed by atoms with van der Waals surface area (Å²) in [6.45, 7) is 3.82. The number of rotatable bonds is 4. The second kappa shape index (κ2) is 9.03. The molecule has 3 nitrogen and oxygen atoms in total. The molecule has 0 spiro atoms. The molecular weight excluding hydrogens is 200 g/mol. The fraction of sp³-hybridized carbons (Fsp3) is 0.700. The van der Waals surface area contributed by atoms with Crippen molar-refractivity contribution in [2.45, 2.75) is 26.3 Å². The van der Waals surface area contributed by atoms with Crippen LogP contribution >= 0.6 is 11.6 Å². The van der Waals surface area contributed by atoms with E-state index < -0.39 is 0 Å². The SMILES string of the molecule is CCC(C=C(C)C(N)=O)N(C)C.CCl. The third-order valence-corrected chi connectivity index (χ3v) is 1.91. The van der Waals surface area contributed by atoms with Crippen LogP contribution in [-0.4, -0.2) is 37.3 Å². The highest BCUT2D eigenvalue weighted by Gasteiger charge is 2.07. The predicted octanol–water partition coefficient (Wildman–Crippen LogP) is 1.61. The highest BCUT2D eigenvalue weighted by Crippen LogP contribution is 2.04. The van der Waals surface area contributed by atoms with Gasteiger partial charge in [0.25, 0.3) is 0 Å². The molecule has 0 bridgehead atoms. The van der Waals surface area contributed by atoms with E-state index in [4.69, 9.17) is 5.73 Å². The van der Waals surface area contributed by atoms with Gasteiger partial charge in [-0.2, -0.15) is 0 Å². The van der Waals surface area contributed by atoms with Crippen LogP contribution in [-0.2, 0) is 4.79 Å². The van der Waals surface area contributed by atoms with Crippen LogP contribution in [0.5, 0.6) is 0 Å². The molecule has 0 saturated carbocycles. The van der Waals surface area contributed by atoms with E-state index in [1.165, 1.54) is 6.38 Å². The summed E-state index contributed by atoms with van der Waals surface area (Å²) in [5.74, 6) is -0.338. The summed E-state index contributed by atoms with van der Waals surface area (Å²) in [5.41, 5.74) is 5.75. The number of alkyl halides is 1. The summed E-state index contributed by atoms with van der Waals surface area (Å²) in [5, 5.41) is 0. The first kappa shape index (κ1) is 15.9. The number of hydrogen-bond donors (Lipinski definition) is 1. The maximum Gasteiger partial charge on any atom is 0.244 e. The van der Waals surface area contributed by atoms with Crippen LogP contribution in [0.2, 0.25) is 0 Å². The lowest BCUT2D eigenvalue weighted by Gasteiger charge is -2.19. The number of primary amides is 1. The molecule has 0 fully saturated rings. The Labute approximate surface area is 91.9 Å². The highest BCUT2D eigenvalue weighted by molar-refractivity contribution is 6.15. The Balaban J connectivity index is 0. The molecule has 0 radical (unpaired) electrons. The minimum Gasteiger partial charge on any atom is -0.366 e. The molecule has 0 saturated heterocycles. The fourth-order valence-corrected chi connectivity index (χ4v) is 1.00. The molecule has 1 amide bonds. The van der Waals surface area contributed by atoms with Crippen LogP contribution in [0, 0.1) is 0 Å². The van der Waals surface area contributed by atoms with Crippen LogP contribution in [0.4, 0.5) is 0 Å². The third kappa shape index (κ3) is 6.92. The second-order valence-corrected chi connectivity index (χ2v) is 3.15. The Morgan fingerprint density at radius 2 is 1.93 bits per heavy atom. The minimum atomic E-state index is -0.338. The largest absolute Gasteiger partial charge is 0.366 e. The molecule has 0 rings (SSSR count). The van der Waals surface area contributed by atoms with Crippen molar-refractivity contribution in [1.82, 2.24) is 4.90 Å². The molecule has 0 aliphatic rings. The van der Waals surface area contributed by atoms with E-state index >= 15 is 0 Å². The van der Waals surface area contributed by atoms with Crippen molar-refractivity contribution in [1.29, 1.82) is 0 Å². The van der Waals surface area contributed by atoms with E-state index in [1.54, 1.807) is 6.92 Å². The first-order chi connectivity index (χ1) is 6.49. The third-order valence-electron chi connectivity index (χ3n) is 1.91. The van der Waals surface area contributed by atoms with Gasteiger partial charge in [-0.05, 0) is 27.4 Å². The average molecular weight is 221 g/mol. The van der Waals surface area contributed by atoms with E-state index in [9.17, 15) is 4.79 Å². The maximum absolute atomic E-state index is 10.7. The summed E-state index contributed by atoms with van der Waals surface area (Å²) in [7, 11) is 3.97. The standard InChI is InChI=1S/C9H18N2O.CH3Cl/c1-5-8(11(3)4)6-7(2)9(10)12;1-2/h6,8H,5H2,1-4H3,(H2,10,12);1H3. The molecule has 2 N–H and O–H groups in total. The van der Waals surface area contributed by atoms with Gasteiger partial charge >= 0.3 is 0 Å². The summed E-state index contributed by atoms with van der Waals surface area (Å²) in [6.07, 6.45) is 4.36. The van der Waals surface area contributed by atoms with Crippen molar-refractivity contribution in [3.8, 4) is 0 Å². The number of nitrogens with two attached hydrogens (primary N) is 1. The second-order valence-electron chi connectivity index (χ2n) is 3.15. The van der Waals surface area contributed by atoms with Gasteiger partial charge in [0.2, 0.25) is 5.91 Å². The van der Waals surface area contributed by atoms with Crippen molar-refractivity contribution >= 4 is 17.5 Å². The molecule has 0 aromatic rings. The summed E-state index contributed by atoms with van der Waals surface area (Å²) < 4.78 is 0. The molecule has 14 heavy (non-hydrogen) atoms. The topological polar surface area (TPSA) is 46.3 Å². The number of amides is 1. The normalized spacial score (nSPS) is 13.2. The number of likely N-dealkylation sites (N-methyl/N-ethyl adjacent to an activating group) is 1. The van der Waals surface area contributed by atoms with Gasteiger partial charge in [0.1, 0.15) is 0 Å². The van der Waals surface area contributed by atoms with Crippen LogP contribution in [0.3, 0.4) is 0 Å². The molecule has 4 heteroatoms. The predicted molar refractivity (Wildman–Crippen MR) is 62.5 cm³/mol. The molecule has 0 aromatic heterocycles. The van der Waals surface area contributed by atoms with E-state index in [1.807, 2.05) is 20.2 Å². The first-order valence-corrected chi connectivity index (χ1v) is 5.27. The lowest BCUT2D eigenvalue weighted by Crippen LogP contribution is -2.26. The molecule has 1 atom stereocenters. The monoisotopic (exact) mass is 220 g/mol. The number of hydrogen-bond acceptors (Lipinski definition) is 2. The molecule has 0 aromatic carbocycles. The zero-order valence-electron chi connectivity index (χ0n) is 9.67. The molecule has 1 unspecified atom stereocenters. The van der Waals surface area contributed by atoms with Gasteiger partial charge in [0.05, 0.1) is 0 Å². The van der Waals surface area contributed by atoms with E-state index in [2.05, 4.69) is 23.4 Å². The Hall–Kier alpha value is -0.540. The van der Waals surface area contributed by atoms with Crippen molar-refractivity contribution in [2.24, 2.45) is 5.73 Å². The molecule has 84 valence electrons. The Bertz CT molecular complexity index is 191. The molecular formula is C10H21ClN2O. The lowest BCUT2D eigenvalue weighted by atomic mass is 10.1. The molecule has 0 heterocycles. The number of nitrogens with zero attached hydrogens (tertiary/aromatic N) is 1. The van der Waals surface area contributed by atoms with Crippen molar-refractivity contribution in [3.63, 3.8) is 0 Å². The summed E-state index contributed by atoms with van der Waals surface area (Å²) >= 11 is 4.64. The van der Waals surface area contributed by atoms with E-state index in [0.29, 0.717) is 11.6 Å². The van der Waals surface area contributed by atoms with E-state index in [-0.39, 0.29) is 5.91 Å². The molecule has 0 aliphatic heterocycles. The van der Waals surface area contributed by atoms with Crippen LogP contribution in [0.25, 0.3) is 0 Å². The number of carbonyl (C=O) groups is 1. The Kier molecular flexibility index (Phi) is 10.3. The van der Waals surface area contributed by atoms with Gasteiger partial charge in [-0.3, -0.25) is 4.79 Å². The zero-order chi connectivity index (χ0) is 11.7.